The monoisotopic (exact) mass is 328 g/mol. The summed E-state index contributed by atoms with van der Waals surface area (Å²) < 4.78 is 5.61. The second-order valence-electron chi connectivity index (χ2n) is 5.58. The number of benzene rings is 1. The zero-order chi connectivity index (χ0) is 17.5. The van der Waals surface area contributed by atoms with Crippen LogP contribution in [0.1, 0.15) is 29.8 Å². The third-order valence-corrected chi connectivity index (χ3v) is 3.40. The van der Waals surface area contributed by atoms with E-state index in [2.05, 4.69) is 4.98 Å². The third-order valence-electron chi connectivity index (χ3n) is 3.40. The van der Waals surface area contributed by atoms with Crippen LogP contribution in [0.3, 0.4) is 0 Å². The molecule has 6 nitrogen and oxygen atoms in total. The van der Waals surface area contributed by atoms with Crippen molar-refractivity contribution in [1.82, 2.24) is 9.88 Å². The lowest BCUT2D eigenvalue weighted by molar-refractivity contribution is -0.138. The number of nitrogens with zero attached hydrogens (tertiary/aromatic N) is 2. The predicted molar refractivity (Wildman–Crippen MR) is 88.8 cm³/mol. The van der Waals surface area contributed by atoms with E-state index in [0.29, 0.717) is 18.1 Å². The van der Waals surface area contributed by atoms with Gasteiger partial charge in [-0.3, -0.25) is 9.59 Å². The summed E-state index contributed by atoms with van der Waals surface area (Å²) in [5.41, 5.74) is 1.34. The summed E-state index contributed by atoms with van der Waals surface area (Å²) in [5.74, 6) is -1.09. The van der Waals surface area contributed by atoms with Gasteiger partial charge in [-0.15, -0.1) is 0 Å². The number of carbonyl (C=O) groups is 2. The van der Waals surface area contributed by atoms with E-state index in [1.54, 1.807) is 19.9 Å². The minimum atomic E-state index is -1.05. The van der Waals surface area contributed by atoms with Crippen LogP contribution < -0.4 is 4.74 Å². The van der Waals surface area contributed by atoms with Crippen LogP contribution in [0.15, 0.2) is 48.7 Å². The summed E-state index contributed by atoms with van der Waals surface area (Å²) >= 11 is 0. The minimum Gasteiger partial charge on any atom is -0.480 e. The summed E-state index contributed by atoms with van der Waals surface area (Å²) in [6.07, 6.45) is 1.48. The maximum absolute atomic E-state index is 12.5. The Morgan fingerprint density at radius 2 is 1.92 bits per heavy atom. The lowest BCUT2D eigenvalue weighted by atomic mass is 10.2. The first-order valence-corrected chi connectivity index (χ1v) is 7.63. The number of carboxylic acid groups (broad SMARTS) is 1. The molecule has 0 bridgehead atoms. The predicted octanol–water partition coefficient (Wildman–Crippen LogP) is 2.60. The highest BCUT2D eigenvalue weighted by molar-refractivity contribution is 5.96. The second kappa shape index (κ2) is 8.10. The van der Waals surface area contributed by atoms with E-state index in [9.17, 15) is 9.59 Å². The maximum atomic E-state index is 12.5. The van der Waals surface area contributed by atoms with Crippen molar-refractivity contribution in [3.63, 3.8) is 0 Å². The summed E-state index contributed by atoms with van der Waals surface area (Å²) in [5, 5.41) is 8.96. The number of hydrogen-bond donors (Lipinski definition) is 1. The van der Waals surface area contributed by atoms with Crippen molar-refractivity contribution in [3.05, 3.63) is 59.8 Å². The van der Waals surface area contributed by atoms with Gasteiger partial charge in [0.1, 0.15) is 13.2 Å². The molecule has 0 saturated heterocycles. The first kappa shape index (κ1) is 17.5. The Morgan fingerprint density at radius 3 is 2.54 bits per heavy atom. The van der Waals surface area contributed by atoms with Crippen molar-refractivity contribution < 1.29 is 19.4 Å². The van der Waals surface area contributed by atoms with Gasteiger partial charge >= 0.3 is 5.97 Å². The van der Waals surface area contributed by atoms with Crippen LogP contribution in [0, 0.1) is 0 Å². The van der Waals surface area contributed by atoms with Gasteiger partial charge in [0, 0.05) is 23.9 Å². The molecular weight excluding hydrogens is 308 g/mol. The zero-order valence-corrected chi connectivity index (χ0v) is 13.7. The summed E-state index contributed by atoms with van der Waals surface area (Å²) in [7, 11) is 0. The van der Waals surface area contributed by atoms with Crippen LogP contribution in [0.2, 0.25) is 0 Å². The molecule has 0 radical (unpaired) electrons. The summed E-state index contributed by atoms with van der Waals surface area (Å²) in [6, 6.07) is 12.5. The van der Waals surface area contributed by atoms with Gasteiger partial charge in [-0.25, -0.2) is 4.98 Å². The molecule has 0 aliphatic rings. The number of carboxylic acids is 1. The number of rotatable bonds is 7. The summed E-state index contributed by atoms with van der Waals surface area (Å²) in [6.45, 7) is 3.54. The SMILES string of the molecule is CC(C)N(CC(=O)O)C(=O)c1ccnc(OCc2ccccc2)c1. The molecular formula is C18H20N2O4. The molecule has 126 valence electrons. The molecule has 0 atom stereocenters. The normalized spacial score (nSPS) is 10.5. The highest BCUT2D eigenvalue weighted by Gasteiger charge is 2.21. The Balaban J connectivity index is 2.10. The zero-order valence-electron chi connectivity index (χ0n) is 13.7. The van der Waals surface area contributed by atoms with Crippen LogP contribution in [-0.2, 0) is 11.4 Å². The average Bonchev–Trinajstić information content (AvgIpc) is 2.58. The molecule has 1 heterocycles. The number of aliphatic carboxylic acids is 1. The molecule has 0 saturated carbocycles. The van der Waals surface area contributed by atoms with Gasteiger partial charge in [0.2, 0.25) is 5.88 Å². The molecule has 0 spiro atoms. The first-order valence-electron chi connectivity index (χ1n) is 7.63. The van der Waals surface area contributed by atoms with Gasteiger partial charge in [0.25, 0.3) is 5.91 Å². The van der Waals surface area contributed by atoms with Crippen molar-refractivity contribution in [2.45, 2.75) is 26.5 Å². The van der Waals surface area contributed by atoms with Crippen LogP contribution in [0.4, 0.5) is 0 Å². The topological polar surface area (TPSA) is 79.7 Å². The van der Waals surface area contributed by atoms with E-state index >= 15 is 0 Å². The van der Waals surface area contributed by atoms with E-state index in [4.69, 9.17) is 9.84 Å². The van der Waals surface area contributed by atoms with Crippen molar-refractivity contribution in [2.24, 2.45) is 0 Å². The Kier molecular flexibility index (Phi) is 5.89. The Morgan fingerprint density at radius 1 is 1.21 bits per heavy atom. The van der Waals surface area contributed by atoms with E-state index in [0.717, 1.165) is 5.56 Å². The van der Waals surface area contributed by atoms with Gasteiger partial charge in [0.15, 0.2) is 0 Å². The molecule has 1 amide bonds. The largest absolute Gasteiger partial charge is 0.480 e. The van der Waals surface area contributed by atoms with Crippen LogP contribution in [0.5, 0.6) is 5.88 Å². The van der Waals surface area contributed by atoms with Crippen molar-refractivity contribution in [2.75, 3.05) is 6.54 Å². The molecule has 6 heteroatoms. The van der Waals surface area contributed by atoms with Crippen LogP contribution >= 0.6 is 0 Å². The van der Waals surface area contributed by atoms with Crippen molar-refractivity contribution in [3.8, 4) is 5.88 Å². The van der Waals surface area contributed by atoms with E-state index in [1.807, 2.05) is 30.3 Å². The Bertz CT molecular complexity index is 701. The molecule has 0 unspecified atom stereocenters. The highest BCUT2D eigenvalue weighted by Crippen LogP contribution is 2.15. The molecule has 1 aromatic carbocycles. The van der Waals surface area contributed by atoms with Gasteiger partial charge < -0.3 is 14.7 Å². The quantitative estimate of drug-likeness (QED) is 0.845. The fourth-order valence-electron chi connectivity index (χ4n) is 2.15. The molecule has 0 aliphatic heterocycles. The Labute approximate surface area is 140 Å². The fraction of sp³-hybridized carbons (Fsp3) is 0.278. The second-order valence-corrected chi connectivity index (χ2v) is 5.58. The fourth-order valence-corrected chi connectivity index (χ4v) is 2.15. The third kappa shape index (κ3) is 4.81. The number of carbonyl (C=O) groups excluding carboxylic acids is 1. The van der Waals surface area contributed by atoms with E-state index in [1.165, 1.54) is 17.2 Å². The number of amides is 1. The van der Waals surface area contributed by atoms with Crippen LogP contribution in [-0.4, -0.2) is 39.5 Å². The highest BCUT2D eigenvalue weighted by atomic mass is 16.5. The average molecular weight is 328 g/mol. The molecule has 1 aromatic heterocycles. The molecule has 0 aliphatic carbocycles. The van der Waals surface area contributed by atoms with Crippen LogP contribution in [0.25, 0.3) is 0 Å². The van der Waals surface area contributed by atoms with Crippen molar-refractivity contribution in [1.29, 1.82) is 0 Å². The van der Waals surface area contributed by atoms with Gasteiger partial charge in [-0.2, -0.15) is 0 Å². The number of aromatic nitrogens is 1. The molecule has 24 heavy (non-hydrogen) atoms. The van der Waals surface area contributed by atoms with E-state index < -0.39 is 5.97 Å². The Hall–Kier alpha value is -2.89. The molecule has 2 aromatic rings. The van der Waals surface area contributed by atoms with Gasteiger partial charge in [0.05, 0.1) is 0 Å². The lowest BCUT2D eigenvalue weighted by Gasteiger charge is -2.25. The van der Waals surface area contributed by atoms with Gasteiger partial charge in [-0.05, 0) is 25.5 Å². The molecule has 1 N–H and O–H groups in total. The first-order chi connectivity index (χ1) is 11.5. The maximum Gasteiger partial charge on any atom is 0.323 e. The number of hydrogen-bond acceptors (Lipinski definition) is 4. The van der Waals surface area contributed by atoms with Gasteiger partial charge in [-0.1, -0.05) is 30.3 Å². The number of ether oxygens (including phenoxy) is 1. The number of pyridine rings is 1. The minimum absolute atomic E-state index is 0.226. The molecule has 0 fully saturated rings. The smallest absolute Gasteiger partial charge is 0.323 e. The van der Waals surface area contributed by atoms with Crippen molar-refractivity contribution >= 4 is 11.9 Å². The van der Waals surface area contributed by atoms with E-state index in [-0.39, 0.29) is 18.5 Å². The summed E-state index contributed by atoms with van der Waals surface area (Å²) in [4.78, 5) is 28.9. The molecule has 2 rings (SSSR count). The standard InChI is InChI=1S/C18H20N2O4/c1-13(2)20(11-17(21)22)18(23)15-8-9-19-16(10-15)24-12-14-6-4-3-5-7-14/h3-10,13H,11-12H2,1-2H3,(H,21,22). The lowest BCUT2D eigenvalue weighted by Crippen LogP contribution is -2.40.